The second-order valence-electron chi connectivity index (χ2n) is 7.65. The molecule has 5 nitrogen and oxygen atoms in total. The summed E-state index contributed by atoms with van der Waals surface area (Å²) >= 11 is 0. The highest BCUT2D eigenvalue weighted by molar-refractivity contribution is 5.37. The predicted molar refractivity (Wildman–Crippen MR) is 108 cm³/mol. The Bertz CT molecular complexity index is 827. The summed E-state index contributed by atoms with van der Waals surface area (Å²) in [7, 11) is 1.33. The number of halogens is 2. The number of benzene rings is 2. The van der Waals surface area contributed by atoms with E-state index in [1.54, 1.807) is 12.1 Å². The van der Waals surface area contributed by atoms with Crippen molar-refractivity contribution in [2.75, 3.05) is 13.7 Å². The minimum atomic E-state index is -3.60. The zero-order valence-electron chi connectivity index (χ0n) is 17.0. The Kier molecular flexibility index (Phi) is 7.21. The molecule has 1 fully saturated rings. The molecule has 0 spiro atoms. The predicted octanol–water partition coefficient (Wildman–Crippen LogP) is 2.43. The number of aryl methyl sites for hydroxylation is 1. The number of rotatable bonds is 7. The van der Waals surface area contributed by atoms with E-state index in [1.807, 2.05) is 31.2 Å². The van der Waals surface area contributed by atoms with Crippen LogP contribution in [0, 0.1) is 0 Å². The summed E-state index contributed by atoms with van der Waals surface area (Å²) in [6, 6.07) is 13.9. The molecule has 0 radical (unpaired) electrons. The van der Waals surface area contributed by atoms with Crippen LogP contribution >= 0.6 is 0 Å². The Morgan fingerprint density at radius 1 is 0.933 bits per heavy atom. The number of hydrogen-bond acceptors (Lipinski definition) is 5. The van der Waals surface area contributed by atoms with E-state index in [0.29, 0.717) is 5.56 Å². The zero-order chi connectivity index (χ0) is 21.9. The van der Waals surface area contributed by atoms with Crippen LogP contribution in [0.5, 0.6) is 0 Å². The van der Waals surface area contributed by atoms with Gasteiger partial charge in [0.05, 0.1) is 6.61 Å². The van der Waals surface area contributed by atoms with Crippen LogP contribution in [0.1, 0.15) is 29.2 Å². The van der Waals surface area contributed by atoms with Crippen molar-refractivity contribution in [1.82, 2.24) is 0 Å². The van der Waals surface area contributed by atoms with Gasteiger partial charge in [0.15, 0.2) is 6.10 Å². The van der Waals surface area contributed by atoms with Gasteiger partial charge in [-0.05, 0) is 29.5 Å². The van der Waals surface area contributed by atoms with E-state index in [2.05, 4.69) is 0 Å². The van der Waals surface area contributed by atoms with Crippen LogP contribution in [0.15, 0.2) is 48.5 Å². The van der Waals surface area contributed by atoms with Crippen molar-refractivity contribution in [3.8, 4) is 0 Å². The lowest BCUT2D eigenvalue weighted by molar-refractivity contribution is -0.285. The average molecular weight is 422 g/mol. The first-order chi connectivity index (χ1) is 14.3. The molecule has 0 unspecified atom stereocenters. The molecule has 3 N–H and O–H groups in total. The molecular weight excluding hydrogens is 394 g/mol. The minimum Gasteiger partial charge on any atom is -0.388 e. The number of methoxy groups -OCH3 is 1. The maximum atomic E-state index is 15.6. The molecule has 3 rings (SSSR count). The summed E-state index contributed by atoms with van der Waals surface area (Å²) in [5.41, 5.74) is 2.15. The van der Waals surface area contributed by atoms with Crippen LogP contribution in [0.25, 0.3) is 0 Å². The third-order valence-electron chi connectivity index (χ3n) is 5.60. The second-order valence-corrected chi connectivity index (χ2v) is 7.65. The zero-order valence-corrected chi connectivity index (χ0v) is 17.0. The fourth-order valence-corrected chi connectivity index (χ4v) is 3.82. The van der Waals surface area contributed by atoms with Gasteiger partial charge < -0.3 is 24.8 Å². The molecule has 0 aromatic heterocycles. The molecule has 7 heteroatoms. The lowest BCUT2D eigenvalue weighted by Crippen LogP contribution is -2.62. The normalized spacial score (nSPS) is 27.2. The molecule has 0 amide bonds. The smallest absolute Gasteiger partial charge is 0.301 e. The van der Waals surface area contributed by atoms with Gasteiger partial charge in [0, 0.05) is 12.7 Å². The van der Waals surface area contributed by atoms with Gasteiger partial charge in [-0.3, -0.25) is 0 Å². The van der Waals surface area contributed by atoms with Gasteiger partial charge in [-0.15, -0.1) is 0 Å². The highest BCUT2D eigenvalue weighted by Gasteiger charge is 2.55. The largest absolute Gasteiger partial charge is 0.388 e. The summed E-state index contributed by atoms with van der Waals surface area (Å²) in [6.07, 6.45) is -7.30. The molecule has 2 aromatic rings. The van der Waals surface area contributed by atoms with Gasteiger partial charge in [0.25, 0.3) is 0 Å². The van der Waals surface area contributed by atoms with E-state index in [4.69, 9.17) is 9.47 Å². The van der Waals surface area contributed by atoms with Gasteiger partial charge >= 0.3 is 5.92 Å². The first kappa shape index (κ1) is 22.8. The molecule has 0 bridgehead atoms. The van der Waals surface area contributed by atoms with E-state index in [0.717, 1.165) is 17.5 Å². The fourth-order valence-electron chi connectivity index (χ4n) is 3.82. The van der Waals surface area contributed by atoms with Crippen LogP contribution in [0.4, 0.5) is 8.78 Å². The third-order valence-corrected chi connectivity index (χ3v) is 5.60. The van der Waals surface area contributed by atoms with Gasteiger partial charge in [-0.2, -0.15) is 8.78 Å². The van der Waals surface area contributed by atoms with Crippen molar-refractivity contribution in [3.05, 3.63) is 70.8 Å². The van der Waals surface area contributed by atoms with Gasteiger partial charge in [0.2, 0.25) is 0 Å². The first-order valence-electron chi connectivity index (χ1n) is 10.0. The number of alkyl halides is 2. The van der Waals surface area contributed by atoms with E-state index >= 15 is 8.78 Å². The molecule has 1 heterocycles. The van der Waals surface area contributed by atoms with Crippen molar-refractivity contribution < 1.29 is 33.6 Å². The molecule has 1 aliphatic heterocycles. The third kappa shape index (κ3) is 4.55. The highest BCUT2D eigenvalue weighted by atomic mass is 19.3. The van der Waals surface area contributed by atoms with Crippen molar-refractivity contribution in [2.24, 2.45) is 0 Å². The van der Waals surface area contributed by atoms with E-state index in [9.17, 15) is 15.3 Å². The highest BCUT2D eigenvalue weighted by Crippen LogP contribution is 2.41. The number of aliphatic hydroxyl groups excluding tert-OH is 3. The van der Waals surface area contributed by atoms with Crippen molar-refractivity contribution >= 4 is 0 Å². The van der Waals surface area contributed by atoms with Crippen molar-refractivity contribution in [3.63, 3.8) is 0 Å². The molecule has 5 atom stereocenters. The molecule has 0 aliphatic carbocycles. The lowest BCUT2D eigenvalue weighted by atomic mass is 9.86. The first-order valence-corrected chi connectivity index (χ1v) is 10.0. The van der Waals surface area contributed by atoms with Crippen LogP contribution in [-0.2, 0) is 28.2 Å². The SMILES string of the molecule is CCc1ccc(Cc2ccccc2C(F)(F)[C@@H]2O[C@H](COC)[C@@H](O)[C@H](O)[C@H]2O)cc1. The van der Waals surface area contributed by atoms with Crippen molar-refractivity contribution in [2.45, 2.75) is 56.2 Å². The van der Waals surface area contributed by atoms with Crippen LogP contribution in [-0.4, -0.2) is 59.6 Å². The summed E-state index contributed by atoms with van der Waals surface area (Å²) in [6.45, 7) is 1.85. The van der Waals surface area contributed by atoms with Gasteiger partial charge in [-0.25, -0.2) is 0 Å². The van der Waals surface area contributed by atoms with E-state index in [1.165, 1.54) is 19.2 Å². The summed E-state index contributed by atoms with van der Waals surface area (Å²) in [4.78, 5) is 0. The second kappa shape index (κ2) is 9.49. The fraction of sp³-hybridized carbons (Fsp3) is 0.478. The molecular formula is C23H28F2O5. The lowest BCUT2D eigenvalue weighted by Gasteiger charge is -2.43. The Morgan fingerprint density at radius 3 is 2.20 bits per heavy atom. The average Bonchev–Trinajstić information content (AvgIpc) is 2.75. The maximum absolute atomic E-state index is 15.6. The number of aliphatic hydroxyl groups is 3. The Labute approximate surface area is 174 Å². The van der Waals surface area contributed by atoms with Crippen molar-refractivity contribution in [1.29, 1.82) is 0 Å². The summed E-state index contributed by atoms with van der Waals surface area (Å²) in [5.74, 6) is -3.60. The number of ether oxygens (including phenoxy) is 2. The van der Waals surface area contributed by atoms with Gasteiger partial charge in [-0.1, -0.05) is 55.5 Å². The summed E-state index contributed by atoms with van der Waals surface area (Å²) in [5, 5.41) is 30.4. The molecule has 30 heavy (non-hydrogen) atoms. The minimum absolute atomic E-state index is 0.192. The molecule has 164 valence electrons. The van der Waals surface area contributed by atoms with Gasteiger partial charge in [0.1, 0.15) is 24.4 Å². The monoisotopic (exact) mass is 422 g/mol. The van der Waals surface area contributed by atoms with Crippen LogP contribution in [0.3, 0.4) is 0 Å². The van der Waals surface area contributed by atoms with E-state index in [-0.39, 0.29) is 18.6 Å². The molecule has 2 aromatic carbocycles. The quantitative estimate of drug-likeness (QED) is 0.639. The molecule has 1 aliphatic rings. The Hall–Kier alpha value is -1.90. The molecule has 1 saturated heterocycles. The number of hydrogen-bond donors (Lipinski definition) is 3. The van der Waals surface area contributed by atoms with Crippen LogP contribution < -0.4 is 0 Å². The molecule has 0 saturated carbocycles. The van der Waals surface area contributed by atoms with Crippen LogP contribution in [0.2, 0.25) is 0 Å². The summed E-state index contributed by atoms with van der Waals surface area (Å²) < 4.78 is 41.4. The standard InChI is InChI=1S/C23H28F2O5/c1-3-14-8-10-15(11-9-14)12-16-6-4-5-7-17(16)23(24,25)22-21(28)20(27)19(26)18(30-22)13-29-2/h4-11,18-22,26-28H,3,12-13H2,1-2H3/t18-,19-,20+,21-,22-/m1/s1. The topological polar surface area (TPSA) is 79.2 Å². The Morgan fingerprint density at radius 2 is 1.57 bits per heavy atom. The Balaban J connectivity index is 1.91. The van der Waals surface area contributed by atoms with E-state index < -0.39 is 36.4 Å². The maximum Gasteiger partial charge on any atom is 0.301 e.